The molecule has 6 nitrogen and oxygen atoms in total. The van der Waals surface area contributed by atoms with Crippen LogP contribution in [0.15, 0.2) is 10.6 Å². The van der Waals surface area contributed by atoms with Crippen molar-refractivity contribution in [2.75, 3.05) is 5.32 Å². The van der Waals surface area contributed by atoms with Gasteiger partial charge in [0.05, 0.1) is 5.69 Å². The van der Waals surface area contributed by atoms with Crippen LogP contribution in [0.2, 0.25) is 0 Å². The van der Waals surface area contributed by atoms with Crippen molar-refractivity contribution < 1.29 is 14.1 Å². The quantitative estimate of drug-likeness (QED) is 0.775. The Morgan fingerprint density at radius 3 is 2.60 bits per heavy atom. The second-order valence-electron chi connectivity index (χ2n) is 3.41. The molecule has 15 heavy (non-hydrogen) atoms. The monoisotopic (exact) mass is 211 g/mol. The summed E-state index contributed by atoms with van der Waals surface area (Å²) >= 11 is 0. The largest absolute Gasteiger partial charge is 0.338 e. The Labute approximate surface area is 87.0 Å². The van der Waals surface area contributed by atoms with E-state index in [1.807, 2.05) is 13.8 Å². The van der Waals surface area contributed by atoms with Gasteiger partial charge in [0.15, 0.2) is 0 Å². The molecular weight excluding hydrogens is 198 g/mol. The van der Waals surface area contributed by atoms with E-state index in [4.69, 9.17) is 4.52 Å². The van der Waals surface area contributed by atoms with Gasteiger partial charge in [0.1, 0.15) is 0 Å². The lowest BCUT2D eigenvalue weighted by molar-refractivity contribution is -0.117. The third-order valence-corrected chi connectivity index (χ3v) is 1.65. The minimum absolute atomic E-state index is 0.220. The lowest BCUT2D eigenvalue weighted by Gasteiger charge is -1.99. The molecule has 0 aliphatic carbocycles. The van der Waals surface area contributed by atoms with Crippen LogP contribution in [0.5, 0.6) is 0 Å². The molecule has 0 fully saturated rings. The van der Waals surface area contributed by atoms with Crippen LogP contribution in [0.25, 0.3) is 0 Å². The van der Waals surface area contributed by atoms with E-state index < -0.39 is 11.9 Å². The fourth-order valence-electron chi connectivity index (χ4n) is 0.923. The lowest BCUT2D eigenvalue weighted by atomic mass is 10.1. The number of nitrogens with one attached hydrogen (secondary N) is 2. The topological polar surface area (TPSA) is 84.2 Å². The molecule has 0 aromatic carbocycles. The maximum Gasteiger partial charge on any atom is 0.328 e. The Bertz CT molecular complexity index is 370. The van der Waals surface area contributed by atoms with Gasteiger partial charge in [0, 0.05) is 13.0 Å². The highest BCUT2D eigenvalue weighted by Crippen LogP contribution is 2.16. The maximum absolute atomic E-state index is 11.1. The highest BCUT2D eigenvalue weighted by Gasteiger charge is 2.10. The van der Waals surface area contributed by atoms with Crippen molar-refractivity contribution in [1.82, 2.24) is 10.5 Å². The van der Waals surface area contributed by atoms with Crippen LogP contribution in [-0.2, 0) is 4.79 Å². The smallest absolute Gasteiger partial charge is 0.328 e. The van der Waals surface area contributed by atoms with Gasteiger partial charge in [-0.15, -0.1) is 0 Å². The molecule has 0 atom stereocenters. The first-order valence-corrected chi connectivity index (χ1v) is 4.54. The number of rotatable bonds is 2. The number of carbonyl (C=O) groups is 2. The number of urea groups is 1. The standard InChI is InChI=1S/C9H13N3O3/c1-5(2)7-4-8(15-12-7)11-9(14)10-6(3)13/h4-5H,1-3H3,(H2,10,11,13,14). The average molecular weight is 211 g/mol. The first kappa shape index (κ1) is 11.2. The first-order chi connectivity index (χ1) is 6.99. The third-order valence-electron chi connectivity index (χ3n) is 1.65. The fraction of sp³-hybridized carbons (Fsp3) is 0.444. The van der Waals surface area contributed by atoms with E-state index in [-0.39, 0.29) is 11.8 Å². The van der Waals surface area contributed by atoms with Gasteiger partial charge < -0.3 is 4.52 Å². The van der Waals surface area contributed by atoms with Gasteiger partial charge in [-0.2, -0.15) is 0 Å². The van der Waals surface area contributed by atoms with Crippen molar-refractivity contribution in [3.63, 3.8) is 0 Å². The Balaban J connectivity index is 2.57. The second kappa shape index (κ2) is 4.59. The molecule has 1 heterocycles. The molecule has 6 heteroatoms. The SMILES string of the molecule is CC(=O)NC(=O)Nc1cc(C(C)C)no1. The van der Waals surface area contributed by atoms with Crippen LogP contribution in [0.3, 0.4) is 0 Å². The zero-order chi connectivity index (χ0) is 11.4. The molecule has 3 amide bonds. The average Bonchev–Trinajstić information content (AvgIpc) is 2.50. The van der Waals surface area contributed by atoms with E-state index in [2.05, 4.69) is 15.8 Å². The molecule has 1 aromatic heterocycles. The molecule has 0 unspecified atom stereocenters. The number of hydrogen-bond donors (Lipinski definition) is 2. The van der Waals surface area contributed by atoms with E-state index >= 15 is 0 Å². The summed E-state index contributed by atoms with van der Waals surface area (Å²) in [4.78, 5) is 21.6. The van der Waals surface area contributed by atoms with Gasteiger partial charge in [0.25, 0.3) is 0 Å². The Morgan fingerprint density at radius 2 is 2.13 bits per heavy atom. The minimum atomic E-state index is -0.631. The molecule has 1 aromatic rings. The molecule has 2 N–H and O–H groups in total. The summed E-state index contributed by atoms with van der Waals surface area (Å²) in [5, 5.41) is 8.15. The second-order valence-corrected chi connectivity index (χ2v) is 3.41. The number of carbonyl (C=O) groups excluding carboxylic acids is 2. The number of imide groups is 1. The van der Waals surface area contributed by atoms with E-state index in [0.29, 0.717) is 0 Å². The van der Waals surface area contributed by atoms with Crippen LogP contribution >= 0.6 is 0 Å². The highest BCUT2D eigenvalue weighted by atomic mass is 16.5. The Kier molecular flexibility index (Phi) is 3.43. The van der Waals surface area contributed by atoms with Gasteiger partial charge in [0.2, 0.25) is 11.8 Å². The van der Waals surface area contributed by atoms with Crippen molar-refractivity contribution in [3.8, 4) is 0 Å². The van der Waals surface area contributed by atoms with Crippen molar-refractivity contribution in [2.24, 2.45) is 0 Å². The van der Waals surface area contributed by atoms with Crippen LogP contribution in [0.1, 0.15) is 32.4 Å². The fourth-order valence-corrected chi connectivity index (χ4v) is 0.923. The zero-order valence-electron chi connectivity index (χ0n) is 8.83. The normalized spacial score (nSPS) is 10.1. The van der Waals surface area contributed by atoms with E-state index in [1.165, 1.54) is 6.92 Å². The number of aromatic nitrogens is 1. The van der Waals surface area contributed by atoms with Gasteiger partial charge in [-0.25, -0.2) is 4.79 Å². The lowest BCUT2D eigenvalue weighted by Crippen LogP contribution is -2.32. The molecule has 0 saturated carbocycles. The minimum Gasteiger partial charge on any atom is -0.338 e. The third kappa shape index (κ3) is 3.41. The summed E-state index contributed by atoms with van der Waals surface area (Å²) in [5.41, 5.74) is 0.744. The van der Waals surface area contributed by atoms with Crippen LogP contribution < -0.4 is 10.6 Å². The van der Waals surface area contributed by atoms with Crippen molar-refractivity contribution in [3.05, 3.63) is 11.8 Å². The highest BCUT2D eigenvalue weighted by molar-refractivity contribution is 5.99. The number of amides is 3. The Hall–Kier alpha value is -1.85. The van der Waals surface area contributed by atoms with Crippen LogP contribution in [0.4, 0.5) is 10.7 Å². The van der Waals surface area contributed by atoms with Gasteiger partial charge >= 0.3 is 6.03 Å². The first-order valence-electron chi connectivity index (χ1n) is 4.54. The molecular formula is C9H13N3O3. The van der Waals surface area contributed by atoms with Crippen LogP contribution in [0, 0.1) is 0 Å². The van der Waals surface area contributed by atoms with Gasteiger partial charge in [-0.05, 0) is 5.92 Å². The zero-order valence-corrected chi connectivity index (χ0v) is 8.83. The molecule has 82 valence electrons. The van der Waals surface area contributed by atoms with E-state index in [1.54, 1.807) is 6.07 Å². The number of anilines is 1. The van der Waals surface area contributed by atoms with Crippen molar-refractivity contribution in [2.45, 2.75) is 26.7 Å². The summed E-state index contributed by atoms with van der Waals surface area (Å²) in [7, 11) is 0. The predicted molar refractivity (Wildman–Crippen MR) is 53.4 cm³/mol. The number of hydrogen-bond acceptors (Lipinski definition) is 4. The van der Waals surface area contributed by atoms with Gasteiger partial charge in [-0.1, -0.05) is 19.0 Å². The summed E-state index contributed by atoms with van der Waals surface area (Å²) in [6.45, 7) is 5.16. The molecule has 0 aliphatic heterocycles. The Morgan fingerprint density at radius 1 is 1.47 bits per heavy atom. The predicted octanol–water partition coefficient (Wildman–Crippen LogP) is 1.47. The maximum atomic E-state index is 11.1. The summed E-state index contributed by atoms with van der Waals surface area (Å²) in [6, 6.07) is 0.985. The molecule has 0 bridgehead atoms. The summed E-state index contributed by atoms with van der Waals surface area (Å²) in [5.74, 6) is 0.00807. The molecule has 0 aliphatic rings. The molecule has 0 radical (unpaired) electrons. The summed E-state index contributed by atoms with van der Waals surface area (Å²) in [6.07, 6.45) is 0. The molecule has 0 saturated heterocycles. The van der Waals surface area contributed by atoms with Crippen LogP contribution in [-0.4, -0.2) is 17.1 Å². The molecule has 0 spiro atoms. The summed E-state index contributed by atoms with van der Waals surface area (Å²) < 4.78 is 4.84. The number of nitrogens with zero attached hydrogens (tertiary/aromatic N) is 1. The molecule has 1 rings (SSSR count). The van der Waals surface area contributed by atoms with Gasteiger partial charge in [-0.3, -0.25) is 15.4 Å². The van der Waals surface area contributed by atoms with Crippen molar-refractivity contribution >= 4 is 17.8 Å². The van der Waals surface area contributed by atoms with E-state index in [0.717, 1.165) is 5.69 Å². The van der Waals surface area contributed by atoms with Crippen molar-refractivity contribution in [1.29, 1.82) is 0 Å². The van der Waals surface area contributed by atoms with E-state index in [9.17, 15) is 9.59 Å².